The van der Waals surface area contributed by atoms with Crippen LogP contribution in [0.5, 0.6) is 5.75 Å². The van der Waals surface area contributed by atoms with E-state index in [1.165, 1.54) is 23.3 Å². The average molecular weight is 2550 g/mol. The van der Waals surface area contributed by atoms with Crippen molar-refractivity contribution in [1.82, 2.24) is 10.5 Å². The molecule has 0 atom stereocenters. The van der Waals surface area contributed by atoms with E-state index in [9.17, 15) is 66.8 Å². The molecule has 1 N–H and O–H groups in total. The number of allylic oxidation sites excluding steroid dienone is 2. The van der Waals surface area contributed by atoms with Crippen molar-refractivity contribution in [1.29, 1.82) is 0 Å². The van der Waals surface area contributed by atoms with E-state index in [1.807, 2.05) is 182 Å². The van der Waals surface area contributed by atoms with Crippen LogP contribution in [-0.2, 0) is 32.1 Å². The van der Waals surface area contributed by atoms with Crippen LogP contribution in [-0.4, -0.2) is 49.7 Å². The van der Waals surface area contributed by atoms with Crippen LogP contribution in [0.3, 0.4) is 0 Å². The number of nitrogens with zero attached hydrogens (tertiary/aromatic N) is 2. The third kappa shape index (κ3) is 56.2. The van der Waals surface area contributed by atoms with E-state index in [0.29, 0.717) is 28.7 Å². The van der Waals surface area contributed by atoms with Crippen LogP contribution in [0.15, 0.2) is 198 Å². The van der Waals surface area contributed by atoms with Crippen LogP contribution in [0.2, 0.25) is 0 Å². The molecule has 566 valence electrons. The number of aldehydes is 2. The minimum absolute atomic E-state index is 0. The van der Waals surface area contributed by atoms with Gasteiger partial charge in [0, 0.05) is 37.4 Å². The average Bonchev–Trinajstić information content (AvgIpc) is 0.812. The molecule has 0 aromatic heterocycles. The molecule has 0 aliphatic carbocycles. The van der Waals surface area contributed by atoms with Crippen molar-refractivity contribution in [2.75, 3.05) is 5.01 Å². The van der Waals surface area contributed by atoms with Gasteiger partial charge in [0.15, 0.2) is 0 Å². The first-order chi connectivity index (χ1) is 48.7. The Morgan fingerprint density at radius 2 is 0.832 bits per heavy atom. The van der Waals surface area contributed by atoms with E-state index in [-0.39, 0.29) is 581 Å². The van der Waals surface area contributed by atoms with Gasteiger partial charge in [-0.25, -0.2) is 13.4 Å². The number of amides is 1. The van der Waals surface area contributed by atoms with Crippen LogP contribution in [0, 0.1) is 125 Å². The number of aryl methyl sites for hydroxylation is 18. The number of benzene rings is 9. The van der Waals surface area contributed by atoms with Crippen molar-refractivity contribution in [3.63, 3.8) is 0 Å². The molecule has 9 aromatic rings. The molecule has 1 amide bonds. The largest absolute Gasteiger partial charge is 1.00 e. The van der Waals surface area contributed by atoms with Gasteiger partial charge in [-0.2, -0.15) is 10.0 Å². The summed E-state index contributed by atoms with van der Waals surface area (Å²) in [6.45, 7) is 46.9. The summed E-state index contributed by atoms with van der Waals surface area (Å²) < 4.78 is 42.6. The Morgan fingerprint density at radius 3 is 1.15 bits per heavy atom. The number of rotatable bonds is 12. The fraction of sp³-hybridized carbons (Fsp3) is 0.262. The molecule has 0 bridgehead atoms. The zero-order chi connectivity index (χ0) is 80.6. The molecule has 0 radical (unpaired) electrons. The number of carboxylic acid groups (broad SMARTS) is 1. The second-order valence-corrected chi connectivity index (χ2v) is 28.9. The molecule has 29 heteroatoms. The van der Waals surface area contributed by atoms with Crippen LogP contribution < -0.4 is 602 Å². The third-order valence-electron chi connectivity index (χ3n) is 15.4. The molecule has 0 heterocycles. The number of hydrazine groups is 2. The number of carbonyl (C=O) groups excluding carboxylic acids is 4. The van der Waals surface area contributed by atoms with Gasteiger partial charge >= 0.3 is 551 Å². The van der Waals surface area contributed by atoms with Gasteiger partial charge in [0.2, 0.25) is 5.91 Å². The minimum atomic E-state index is -4.58. The van der Waals surface area contributed by atoms with Gasteiger partial charge in [-0.3, -0.25) is 19.8 Å². The predicted octanol–water partition coefficient (Wildman–Crippen LogP) is -11.4. The van der Waals surface area contributed by atoms with Crippen LogP contribution >= 0.6 is 7.60 Å². The summed E-state index contributed by atoms with van der Waals surface area (Å²) in [4.78, 5) is 65.9. The van der Waals surface area contributed by atoms with E-state index >= 15 is 0 Å². The van der Waals surface area contributed by atoms with Crippen LogP contribution in [0.25, 0.3) is 0 Å². The normalized spacial score (nSPS) is 9.40. The fourth-order valence-corrected chi connectivity index (χ4v) is 11.0. The maximum Gasteiger partial charge on any atom is 1.00 e. The van der Waals surface area contributed by atoms with Crippen LogP contribution in [0.4, 0.5) is 5.69 Å². The van der Waals surface area contributed by atoms with E-state index in [2.05, 4.69) is 37.6 Å². The molecule has 0 spiro atoms. The Labute approximate surface area is 1150 Å². The zero-order valence-corrected chi connectivity index (χ0v) is 125. The summed E-state index contributed by atoms with van der Waals surface area (Å²) in [5, 5.41) is 45.6. The number of hydrogen-bond donors (Lipinski definition) is 1. The van der Waals surface area contributed by atoms with Gasteiger partial charge < -0.3 is 56.6 Å². The van der Waals surface area contributed by atoms with Gasteiger partial charge in [0.25, 0.3) is 0 Å². The van der Waals surface area contributed by atoms with Gasteiger partial charge in [0.1, 0.15) is 22.7 Å². The van der Waals surface area contributed by atoms with Gasteiger partial charge in [-0.1, -0.05) is 216 Å². The number of anilines is 1. The van der Waals surface area contributed by atoms with Gasteiger partial charge in [0.05, 0.1) is 16.6 Å². The van der Waals surface area contributed by atoms with E-state index < -0.39 is 30.8 Å². The SMILES string of the molecule is C=C(C)NN(C(=C)C)N(C(=O)CC)c1cc(C)ccc1C.Cc1ccc(C)c(B([O-])[O-])c1.Cc1ccc(C)c(C(=O)[O-])c1.Cc1ccc(C)c(C=O)c1.Cc1ccc(C)c(C=O)c1.Cc1ccc(C)c(P(=O)([O-])[O-])c1.Cc1ccc(C)c(S(=O)(=O)[O-])c1.Cc1ccc(C)c([O-])c1.Cc1ccc(C)c([S-])c1.[Cs+].[Cs+].[Cs+].[Cs+].[Cs+].[Cs+].[Cs+].[Cs+].[HH].[HH]. The molecule has 0 aliphatic rings. The quantitative estimate of drug-likeness (QED) is 0.0297. The Bertz CT molecular complexity index is 4560. The first kappa shape index (κ1) is 135. The Morgan fingerprint density at radius 1 is 0.487 bits per heavy atom. The fourth-order valence-electron chi connectivity index (χ4n) is 9.10. The van der Waals surface area contributed by atoms with E-state index in [4.69, 9.17) is 12.6 Å². The molecule has 9 rings (SSSR count). The molecule has 17 nitrogen and oxygen atoms in total. The van der Waals surface area contributed by atoms with Crippen molar-refractivity contribution >= 4 is 78.4 Å². The topological polar surface area (TPSA) is 299 Å². The second-order valence-electron chi connectivity index (χ2n) is 25.6. The molecule has 0 unspecified atom stereocenters. The molecule has 0 saturated carbocycles. The van der Waals surface area contributed by atoms with E-state index in [0.717, 1.165) is 118 Å². The Balaban J connectivity index is -0.000000135. The Hall–Kier alpha value is 6.82. The minimum Gasteiger partial charge on any atom is -0.889 e. The third-order valence-corrected chi connectivity index (χ3v) is 17.9. The summed E-state index contributed by atoms with van der Waals surface area (Å²) in [5.41, 5.74) is 24.3. The number of nitrogens with one attached hydrogen (secondary N) is 1. The second kappa shape index (κ2) is 71.6. The van der Waals surface area contributed by atoms with Gasteiger partial charge in [-0.15, -0.1) is 11.2 Å². The zero-order valence-electron chi connectivity index (χ0n) is 72.3. The number of aromatic carboxylic acids is 1. The number of carboxylic acids is 1. The van der Waals surface area contributed by atoms with Crippen molar-refractivity contribution in [2.24, 2.45) is 0 Å². The molecule has 113 heavy (non-hydrogen) atoms. The first-order valence-electron chi connectivity index (χ1n) is 33.3. The molecule has 0 saturated heterocycles. The van der Waals surface area contributed by atoms with Crippen molar-refractivity contribution in [3.05, 3.63) is 305 Å². The van der Waals surface area contributed by atoms with Crippen molar-refractivity contribution in [3.8, 4) is 5.75 Å². The molecule has 0 aliphatic heterocycles. The predicted molar refractivity (Wildman–Crippen MR) is 421 cm³/mol. The van der Waals surface area contributed by atoms with Crippen molar-refractivity contribution in [2.45, 2.75) is 162 Å². The Kier molecular flexibility index (Phi) is 85.7. The summed E-state index contributed by atoms with van der Waals surface area (Å²) in [6, 6.07) is 49.5. The molecular weight excluding hydrogens is 2440 g/mol. The monoisotopic (exact) mass is 2550 g/mol. The summed E-state index contributed by atoms with van der Waals surface area (Å²) >= 11 is 5.04. The maximum absolute atomic E-state index is 12.5. The smallest absolute Gasteiger partial charge is 0.889 e. The molecule has 0 fully saturated rings. The van der Waals surface area contributed by atoms with Crippen LogP contribution in [0.1, 0.15) is 161 Å². The molecule has 9 aromatic carbocycles. The number of carbonyl (C=O) groups is 4. The summed E-state index contributed by atoms with van der Waals surface area (Å²) in [7, 11) is -10.7. The maximum atomic E-state index is 12.5. The molecular formula is C84H103BCs8N3O14PS2. The summed E-state index contributed by atoms with van der Waals surface area (Å²) in [6.07, 6.45) is 2.18. The van der Waals surface area contributed by atoms with Crippen molar-refractivity contribution < 1.29 is 621 Å². The summed E-state index contributed by atoms with van der Waals surface area (Å²) in [5.74, 6) is -0.985. The first-order valence-corrected chi connectivity index (χ1v) is 36.7. The standard InChI is InChI=1S/C17H25N3O.C9H10O2.2C9H10O.C8H9BO2.C8H11O3P.C8H10O3S.C8H10O.C8H10S.8Cs.2H2/c1-8-17(21)19(20(13(4)5)18-12(2)3)16-11-14(6)9-10-15(16)7;1-6-3-4-7(2)8(5-6)9(10)11;2*1-7-3-4-8(2)9(5-7)6-10;1-6-3-4-7(2)8(5-6)9(10)11;2*1-6-3-4-7(2)8(5-6)12(9,10)11;2*1-6-3-4-7(2)8(9)5-6;;;;;;;;;;/h9-11,18H,2,4,8H2,1,3,5-7H3;3-5H,1-2H3,(H,10,11);2*3-6H,1-2H3;3-5H,1-2H3;3-5H,1-2H3,(H2,9,10,11);3-5H,1-2H3,(H,9,10,11);2*3-5,9H,1-2H3;;;;;;;;;2*1H/q;;;;-2;;;;;8*+1;;/p-6. The number of hydrogen-bond acceptors (Lipinski definition) is 17. The van der Waals surface area contributed by atoms with Gasteiger partial charge in [-0.05, 0) is 226 Å². The van der Waals surface area contributed by atoms with E-state index in [1.54, 1.807) is 106 Å².